The quantitative estimate of drug-likeness (QED) is 0.470. The molecule has 1 aromatic rings. The third kappa shape index (κ3) is 1.70. The molecule has 0 N–H and O–H groups in total. The second-order valence-electron chi connectivity index (χ2n) is 2.26. The number of isothiocyanates is 1. The Morgan fingerprint density at radius 2 is 2.27 bits per heavy atom. The molecule has 0 aliphatic carbocycles. The molecule has 11 heavy (non-hydrogen) atoms. The Morgan fingerprint density at radius 3 is 2.82 bits per heavy atom. The average Bonchev–Trinajstić information content (AvgIpc) is 1.97. The fraction of sp³-hybridized carbons (Fsp3) is 0.250. The molecule has 0 saturated heterocycles. The third-order valence-corrected chi connectivity index (χ3v) is 1.56. The zero-order chi connectivity index (χ0) is 8.27. The first-order valence-corrected chi connectivity index (χ1v) is 3.66. The number of aryl methyl sites for hydroxylation is 2. The second kappa shape index (κ2) is 3.37. The highest BCUT2D eigenvalue weighted by Gasteiger charge is 1.98. The molecule has 0 atom stereocenters. The van der Waals surface area contributed by atoms with Gasteiger partial charge >= 0.3 is 0 Å². The predicted octanol–water partition coefficient (Wildman–Crippen LogP) is 2.43. The summed E-state index contributed by atoms with van der Waals surface area (Å²) in [4.78, 5) is 7.99. The molecular weight excluding hydrogens is 156 g/mol. The lowest BCUT2D eigenvalue weighted by Crippen LogP contribution is -1.83. The Balaban J connectivity index is 3.31. The van der Waals surface area contributed by atoms with E-state index in [9.17, 15) is 0 Å². The monoisotopic (exact) mass is 164 g/mol. The van der Waals surface area contributed by atoms with Gasteiger partial charge in [0.1, 0.15) is 0 Å². The van der Waals surface area contributed by atoms with Crippen LogP contribution < -0.4 is 0 Å². The van der Waals surface area contributed by atoms with Crippen molar-refractivity contribution >= 4 is 23.1 Å². The molecular formula is C8H8N2S. The first-order valence-electron chi connectivity index (χ1n) is 3.26. The molecule has 2 nitrogen and oxygen atoms in total. The zero-order valence-corrected chi connectivity index (χ0v) is 7.27. The molecule has 0 bridgehead atoms. The molecule has 0 aliphatic heterocycles. The van der Waals surface area contributed by atoms with Crippen molar-refractivity contribution in [2.75, 3.05) is 0 Å². The largest absolute Gasteiger partial charge is 0.259 e. The summed E-state index contributed by atoms with van der Waals surface area (Å²) in [5, 5.41) is 2.33. The lowest BCUT2D eigenvalue weighted by atomic mass is 10.2. The minimum absolute atomic E-state index is 0.836. The number of pyridine rings is 1. The van der Waals surface area contributed by atoms with E-state index < -0.39 is 0 Å². The van der Waals surface area contributed by atoms with Gasteiger partial charge in [0.2, 0.25) is 0 Å². The average molecular weight is 164 g/mol. The van der Waals surface area contributed by atoms with E-state index >= 15 is 0 Å². The van der Waals surface area contributed by atoms with Crippen LogP contribution >= 0.6 is 12.2 Å². The Hall–Kier alpha value is -1.05. The SMILES string of the molecule is Cc1ccnc(C)c1N=C=S. The number of thiocarbonyl (C=S) groups is 1. The van der Waals surface area contributed by atoms with Gasteiger partial charge in [-0.1, -0.05) is 0 Å². The molecule has 0 aromatic carbocycles. The van der Waals surface area contributed by atoms with Gasteiger partial charge in [-0.25, -0.2) is 0 Å². The van der Waals surface area contributed by atoms with Crippen LogP contribution in [-0.2, 0) is 0 Å². The maximum atomic E-state index is 4.51. The number of hydrogen-bond acceptors (Lipinski definition) is 3. The van der Waals surface area contributed by atoms with Crippen molar-refractivity contribution < 1.29 is 0 Å². The van der Waals surface area contributed by atoms with E-state index in [1.165, 1.54) is 0 Å². The van der Waals surface area contributed by atoms with E-state index in [2.05, 4.69) is 27.4 Å². The molecule has 0 aliphatic rings. The molecule has 0 fully saturated rings. The predicted molar refractivity (Wildman–Crippen MR) is 48.4 cm³/mol. The van der Waals surface area contributed by atoms with Crippen molar-refractivity contribution in [1.82, 2.24) is 4.98 Å². The van der Waals surface area contributed by atoms with E-state index in [0.717, 1.165) is 16.9 Å². The van der Waals surface area contributed by atoms with Crippen molar-refractivity contribution in [2.45, 2.75) is 13.8 Å². The van der Waals surface area contributed by atoms with Crippen LogP contribution in [0.1, 0.15) is 11.3 Å². The van der Waals surface area contributed by atoms with E-state index in [4.69, 9.17) is 0 Å². The van der Waals surface area contributed by atoms with Gasteiger partial charge in [0.05, 0.1) is 16.5 Å². The van der Waals surface area contributed by atoms with Crippen molar-refractivity contribution in [3.05, 3.63) is 23.5 Å². The third-order valence-electron chi connectivity index (χ3n) is 1.47. The Kier molecular flexibility index (Phi) is 2.47. The van der Waals surface area contributed by atoms with Crippen LogP contribution in [0.25, 0.3) is 0 Å². The van der Waals surface area contributed by atoms with Crippen LogP contribution in [0.4, 0.5) is 5.69 Å². The lowest BCUT2D eigenvalue weighted by molar-refractivity contribution is 1.16. The Bertz CT molecular complexity index is 294. The minimum Gasteiger partial charge on any atom is -0.259 e. The van der Waals surface area contributed by atoms with Gasteiger partial charge in [0, 0.05) is 6.20 Å². The van der Waals surface area contributed by atoms with Crippen LogP contribution in [0.2, 0.25) is 0 Å². The number of hydrogen-bond donors (Lipinski definition) is 0. The van der Waals surface area contributed by atoms with Crippen LogP contribution in [0, 0.1) is 13.8 Å². The highest BCUT2D eigenvalue weighted by molar-refractivity contribution is 7.78. The second-order valence-corrected chi connectivity index (χ2v) is 2.45. The van der Waals surface area contributed by atoms with Crippen molar-refractivity contribution in [1.29, 1.82) is 0 Å². The summed E-state index contributed by atoms with van der Waals surface area (Å²) in [6, 6.07) is 1.90. The van der Waals surface area contributed by atoms with Gasteiger partial charge in [-0.15, -0.1) is 0 Å². The molecule has 0 saturated carbocycles. The minimum atomic E-state index is 0.836. The molecule has 3 heteroatoms. The summed E-state index contributed by atoms with van der Waals surface area (Å²) in [5.41, 5.74) is 2.81. The Labute approximate surface area is 71.0 Å². The highest BCUT2D eigenvalue weighted by atomic mass is 32.1. The fourth-order valence-electron chi connectivity index (χ4n) is 0.901. The lowest BCUT2D eigenvalue weighted by Gasteiger charge is -1.99. The summed E-state index contributed by atoms with van der Waals surface area (Å²) in [6.45, 7) is 3.87. The van der Waals surface area contributed by atoms with E-state index in [-0.39, 0.29) is 0 Å². The molecule has 1 aromatic heterocycles. The summed E-state index contributed by atoms with van der Waals surface area (Å²) in [7, 11) is 0. The molecule has 1 rings (SSSR count). The maximum absolute atomic E-state index is 4.51. The molecule has 0 amide bonds. The maximum Gasteiger partial charge on any atom is 0.0980 e. The number of nitrogens with zero attached hydrogens (tertiary/aromatic N) is 2. The Morgan fingerprint density at radius 1 is 1.55 bits per heavy atom. The van der Waals surface area contributed by atoms with Gasteiger partial charge in [-0.2, -0.15) is 4.99 Å². The van der Waals surface area contributed by atoms with Crippen molar-refractivity contribution in [3.63, 3.8) is 0 Å². The summed E-state index contributed by atoms with van der Waals surface area (Å²) >= 11 is 4.51. The summed E-state index contributed by atoms with van der Waals surface area (Å²) < 4.78 is 0. The normalized spacial score (nSPS) is 8.91. The van der Waals surface area contributed by atoms with E-state index in [1.807, 2.05) is 19.9 Å². The van der Waals surface area contributed by atoms with Gasteiger partial charge in [0.25, 0.3) is 0 Å². The number of aliphatic imine (C=N–C) groups is 1. The van der Waals surface area contributed by atoms with E-state index in [1.54, 1.807) is 6.20 Å². The fourth-order valence-corrected chi connectivity index (χ4v) is 0.992. The standard InChI is InChI=1S/C8H8N2S/c1-6-3-4-9-7(2)8(6)10-5-11/h3-4H,1-2H3. The van der Waals surface area contributed by atoms with Gasteiger partial charge in [-0.05, 0) is 37.7 Å². The molecule has 0 spiro atoms. The molecule has 0 radical (unpaired) electrons. The molecule has 0 unspecified atom stereocenters. The molecule has 56 valence electrons. The highest BCUT2D eigenvalue weighted by Crippen LogP contribution is 2.19. The van der Waals surface area contributed by atoms with Crippen LogP contribution in [0.3, 0.4) is 0 Å². The summed E-state index contributed by atoms with van der Waals surface area (Å²) in [5.74, 6) is 0. The van der Waals surface area contributed by atoms with Crippen molar-refractivity contribution in [3.8, 4) is 0 Å². The summed E-state index contributed by atoms with van der Waals surface area (Å²) in [6.07, 6.45) is 1.76. The zero-order valence-electron chi connectivity index (χ0n) is 6.46. The van der Waals surface area contributed by atoms with Crippen molar-refractivity contribution in [2.24, 2.45) is 4.99 Å². The van der Waals surface area contributed by atoms with Crippen LogP contribution in [0.15, 0.2) is 17.3 Å². The first kappa shape index (κ1) is 8.05. The van der Waals surface area contributed by atoms with Gasteiger partial charge < -0.3 is 0 Å². The molecule has 1 heterocycles. The topological polar surface area (TPSA) is 25.2 Å². The number of aromatic nitrogens is 1. The van der Waals surface area contributed by atoms with Crippen LogP contribution in [0.5, 0.6) is 0 Å². The smallest absolute Gasteiger partial charge is 0.0980 e. The van der Waals surface area contributed by atoms with Crippen LogP contribution in [-0.4, -0.2) is 10.1 Å². The van der Waals surface area contributed by atoms with Gasteiger partial charge in [-0.3, -0.25) is 4.98 Å². The first-order chi connectivity index (χ1) is 5.25. The van der Waals surface area contributed by atoms with E-state index in [0.29, 0.717) is 0 Å². The van der Waals surface area contributed by atoms with Gasteiger partial charge in [0.15, 0.2) is 0 Å². The number of rotatable bonds is 1.